The van der Waals surface area contributed by atoms with E-state index >= 15 is 0 Å². The Morgan fingerprint density at radius 1 is 0.939 bits per heavy atom. The molecule has 0 aliphatic heterocycles. The second-order valence-corrected chi connectivity index (χ2v) is 7.73. The number of nitrogens with one attached hydrogen (secondary N) is 2. The van der Waals surface area contributed by atoms with Gasteiger partial charge in [0.05, 0.1) is 17.9 Å². The highest BCUT2D eigenvalue weighted by molar-refractivity contribution is 5.67. The van der Waals surface area contributed by atoms with Gasteiger partial charge in [-0.05, 0) is 63.6 Å². The topological polar surface area (TPSA) is 68.3 Å². The molecule has 0 aliphatic rings. The van der Waals surface area contributed by atoms with Gasteiger partial charge in [0.15, 0.2) is 0 Å². The Labute approximate surface area is 191 Å². The van der Waals surface area contributed by atoms with Crippen LogP contribution in [0.3, 0.4) is 0 Å². The van der Waals surface area contributed by atoms with Crippen molar-refractivity contribution in [3.8, 4) is 11.5 Å². The van der Waals surface area contributed by atoms with Gasteiger partial charge in [-0.25, -0.2) is 4.98 Å². The van der Waals surface area contributed by atoms with Gasteiger partial charge < -0.3 is 20.1 Å². The lowest BCUT2D eigenvalue weighted by atomic mass is 10.2. The van der Waals surface area contributed by atoms with Crippen molar-refractivity contribution in [3.63, 3.8) is 0 Å². The third-order valence-corrected chi connectivity index (χ3v) is 4.62. The molecule has 0 saturated heterocycles. The van der Waals surface area contributed by atoms with E-state index in [1.807, 2.05) is 27.7 Å². The van der Waals surface area contributed by atoms with Crippen LogP contribution < -0.4 is 20.1 Å². The van der Waals surface area contributed by atoms with E-state index in [1.54, 1.807) is 48.5 Å². The average Bonchev–Trinajstić information content (AvgIpc) is 2.75. The van der Waals surface area contributed by atoms with Crippen molar-refractivity contribution in [1.29, 1.82) is 0 Å². The molecular weight excluding hydrogens is 433 g/mol. The molecule has 9 heteroatoms. The van der Waals surface area contributed by atoms with Gasteiger partial charge in [0.25, 0.3) is 0 Å². The zero-order valence-corrected chi connectivity index (χ0v) is 18.9. The van der Waals surface area contributed by atoms with Crippen LogP contribution in [-0.4, -0.2) is 22.2 Å². The molecule has 0 radical (unpaired) electrons. The number of para-hydroxylation sites is 2. The minimum atomic E-state index is -4.64. The molecule has 0 saturated carbocycles. The first-order valence-electron chi connectivity index (χ1n) is 10.7. The Kier molecular flexibility index (Phi) is 7.63. The van der Waals surface area contributed by atoms with Gasteiger partial charge in [-0.2, -0.15) is 18.2 Å². The molecule has 3 rings (SSSR count). The van der Waals surface area contributed by atoms with Gasteiger partial charge in [0.2, 0.25) is 5.95 Å². The fraction of sp³-hybridized carbons (Fsp3) is 0.333. The first kappa shape index (κ1) is 24.2. The van der Waals surface area contributed by atoms with E-state index in [9.17, 15) is 13.2 Å². The molecule has 1 atom stereocenters. The lowest BCUT2D eigenvalue weighted by molar-refractivity contribution is -0.137. The van der Waals surface area contributed by atoms with Gasteiger partial charge in [-0.3, -0.25) is 0 Å². The molecular formula is C24H27F3N4O2. The fourth-order valence-electron chi connectivity index (χ4n) is 2.86. The summed E-state index contributed by atoms with van der Waals surface area (Å²) < 4.78 is 52.4. The fourth-order valence-corrected chi connectivity index (χ4v) is 2.86. The van der Waals surface area contributed by atoms with Crippen LogP contribution in [0.4, 0.5) is 36.3 Å². The molecule has 1 aromatic heterocycles. The Hall–Kier alpha value is -3.49. The predicted molar refractivity (Wildman–Crippen MR) is 123 cm³/mol. The number of hydrogen-bond acceptors (Lipinski definition) is 6. The van der Waals surface area contributed by atoms with E-state index in [0.29, 0.717) is 22.9 Å². The van der Waals surface area contributed by atoms with Crippen LogP contribution in [0.25, 0.3) is 0 Å². The van der Waals surface area contributed by atoms with Crippen LogP contribution in [0.1, 0.15) is 39.7 Å². The van der Waals surface area contributed by atoms with Crippen molar-refractivity contribution in [2.24, 2.45) is 0 Å². The summed E-state index contributed by atoms with van der Waals surface area (Å²) in [7, 11) is 0. The number of anilines is 4. The number of ether oxygens (including phenoxy) is 2. The molecule has 0 aliphatic carbocycles. The number of hydrogen-bond donors (Lipinski definition) is 2. The van der Waals surface area contributed by atoms with Gasteiger partial charge in [0, 0.05) is 11.9 Å². The zero-order valence-electron chi connectivity index (χ0n) is 18.9. The molecule has 33 heavy (non-hydrogen) atoms. The molecule has 0 fully saturated rings. The van der Waals surface area contributed by atoms with Crippen LogP contribution >= 0.6 is 0 Å². The second kappa shape index (κ2) is 10.4. The van der Waals surface area contributed by atoms with Crippen LogP contribution in [0.5, 0.6) is 11.5 Å². The lowest BCUT2D eigenvalue weighted by Crippen LogP contribution is -2.14. The summed E-state index contributed by atoms with van der Waals surface area (Å²) in [5.41, 5.74) is 0.00697. The van der Waals surface area contributed by atoms with E-state index in [1.165, 1.54) is 0 Å². The maximum atomic E-state index is 13.6. The molecule has 176 valence electrons. The molecule has 6 nitrogen and oxygen atoms in total. The summed E-state index contributed by atoms with van der Waals surface area (Å²) in [5, 5.41) is 5.71. The van der Waals surface area contributed by atoms with Crippen LogP contribution in [0, 0.1) is 0 Å². The molecule has 2 aromatic carbocycles. The number of benzene rings is 2. The lowest BCUT2D eigenvalue weighted by Gasteiger charge is -2.19. The van der Waals surface area contributed by atoms with Crippen LogP contribution in [-0.2, 0) is 6.18 Å². The van der Waals surface area contributed by atoms with Gasteiger partial charge in [-0.15, -0.1) is 0 Å². The van der Waals surface area contributed by atoms with E-state index in [2.05, 4.69) is 20.6 Å². The minimum absolute atomic E-state index is 0.0170. The van der Waals surface area contributed by atoms with Crippen molar-refractivity contribution in [3.05, 3.63) is 60.3 Å². The maximum absolute atomic E-state index is 13.6. The number of aromatic nitrogens is 2. The van der Waals surface area contributed by atoms with E-state index < -0.39 is 11.7 Å². The molecule has 0 bridgehead atoms. The number of halogens is 3. The normalized spacial score (nSPS) is 12.4. The summed E-state index contributed by atoms with van der Waals surface area (Å²) in [4.78, 5) is 7.95. The van der Waals surface area contributed by atoms with Gasteiger partial charge in [-0.1, -0.05) is 19.1 Å². The Balaban J connectivity index is 1.89. The van der Waals surface area contributed by atoms with E-state index in [4.69, 9.17) is 9.47 Å². The van der Waals surface area contributed by atoms with E-state index in [-0.39, 0.29) is 24.0 Å². The smallest absolute Gasteiger partial charge is 0.421 e. The first-order chi connectivity index (χ1) is 15.7. The van der Waals surface area contributed by atoms with Crippen molar-refractivity contribution >= 4 is 23.1 Å². The monoisotopic (exact) mass is 460 g/mol. The summed E-state index contributed by atoms with van der Waals surface area (Å²) >= 11 is 0. The standard InChI is InChI=1S/C24H27F3N4O2/c1-5-16(4)33-21-9-7-6-8-20(21)30-22-19(24(25,26)27)14-28-23(31-22)29-17-10-12-18(13-11-17)32-15(2)3/h6-16H,5H2,1-4H3,(H2,28,29,30,31). The summed E-state index contributed by atoms with van der Waals surface area (Å²) in [6.45, 7) is 7.69. The van der Waals surface area contributed by atoms with Crippen LogP contribution in [0.2, 0.25) is 0 Å². The number of rotatable bonds is 9. The number of nitrogens with zero attached hydrogens (tertiary/aromatic N) is 2. The van der Waals surface area contributed by atoms with E-state index in [0.717, 1.165) is 12.6 Å². The highest BCUT2D eigenvalue weighted by Crippen LogP contribution is 2.37. The summed E-state index contributed by atoms with van der Waals surface area (Å²) in [6, 6.07) is 13.8. The molecule has 2 N–H and O–H groups in total. The van der Waals surface area contributed by atoms with Crippen molar-refractivity contribution in [1.82, 2.24) is 9.97 Å². The Morgan fingerprint density at radius 2 is 1.64 bits per heavy atom. The third kappa shape index (κ3) is 6.74. The molecule has 0 amide bonds. The molecule has 0 spiro atoms. The highest BCUT2D eigenvalue weighted by Gasteiger charge is 2.35. The molecule has 1 unspecified atom stereocenters. The average molecular weight is 461 g/mol. The molecule has 1 heterocycles. The van der Waals surface area contributed by atoms with Gasteiger partial charge in [0.1, 0.15) is 22.9 Å². The maximum Gasteiger partial charge on any atom is 0.421 e. The Morgan fingerprint density at radius 3 is 2.27 bits per heavy atom. The van der Waals surface area contributed by atoms with Crippen LogP contribution in [0.15, 0.2) is 54.7 Å². The quantitative estimate of drug-likeness (QED) is 0.360. The summed E-state index contributed by atoms with van der Waals surface area (Å²) in [5.74, 6) is 0.765. The first-order valence-corrected chi connectivity index (χ1v) is 10.7. The van der Waals surface area contributed by atoms with Crippen molar-refractivity contribution in [2.45, 2.75) is 52.5 Å². The van der Waals surface area contributed by atoms with Gasteiger partial charge >= 0.3 is 6.18 Å². The van der Waals surface area contributed by atoms with Crippen molar-refractivity contribution in [2.75, 3.05) is 10.6 Å². The van der Waals surface area contributed by atoms with Crippen molar-refractivity contribution < 1.29 is 22.6 Å². The minimum Gasteiger partial charge on any atom is -0.491 e. The Bertz CT molecular complexity index is 1060. The summed E-state index contributed by atoms with van der Waals surface area (Å²) in [6.07, 6.45) is -3.19. The molecule has 3 aromatic rings. The highest BCUT2D eigenvalue weighted by atomic mass is 19.4. The SMILES string of the molecule is CCC(C)Oc1ccccc1Nc1nc(Nc2ccc(OC(C)C)cc2)ncc1C(F)(F)F. The predicted octanol–water partition coefficient (Wildman–Crippen LogP) is 6.95. The third-order valence-electron chi connectivity index (χ3n) is 4.62. The zero-order chi connectivity index (χ0) is 24.0. The number of alkyl halides is 3. The second-order valence-electron chi connectivity index (χ2n) is 7.73. The largest absolute Gasteiger partial charge is 0.491 e.